The van der Waals surface area contributed by atoms with Crippen molar-refractivity contribution in [2.24, 2.45) is 0 Å². The van der Waals surface area contributed by atoms with Gasteiger partial charge in [0.25, 0.3) is 5.91 Å². The number of thiazole rings is 1. The Morgan fingerprint density at radius 1 is 1.33 bits per heavy atom. The molecule has 1 amide bonds. The number of carbonyl (C=O) groups excluding carboxylic acids is 1. The Morgan fingerprint density at radius 2 is 2.00 bits per heavy atom. The summed E-state index contributed by atoms with van der Waals surface area (Å²) in [5.41, 5.74) is 1.52. The third-order valence-corrected chi connectivity index (χ3v) is 5.12. The second kappa shape index (κ2) is 8.35. The van der Waals surface area contributed by atoms with E-state index in [-0.39, 0.29) is 11.7 Å². The van der Waals surface area contributed by atoms with E-state index in [9.17, 15) is 9.18 Å². The van der Waals surface area contributed by atoms with E-state index in [0.717, 1.165) is 23.7 Å². The average molecular weight is 349 g/mol. The van der Waals surface area contributed by atoms with Crippen molar-refractivity contribution < 1.29 is 9.18 Å². The molecule has 130 valence electrons. The number of rotatable bonds is 7. The Labute approximate surface area is 146 Å². The molecule has 0 radical (unpaired) electrons. The van der Waals surface area contributed by atoms with Crippen LogP contribution >= 0.6 is 11.3 Å². The summed E-state index contributed by atoms with van der Waals surface area (Å²) in [6, 6.07) is 6.62. The maximum Gasteiger partial charge on any atom is 0.263 e. The fraction of sp³-hybridized carbons (Fsp3) is 0.444. The van der Waals surface area contributed by atoms with Crippen molar-refractivity contribution in [2.75, 3.05) is 19.6 Å². The van der Waals surface area contributed by atoms with Gasteiger partial charge in [-0.05, 0) is 51.6 Å². The molecule has 0 unspecified atom stereocenters. The first-order chi connectivity index (χ1) is 11.4. The van der Waals surface area contributed by atoms with Crippen LogP contribution in [-0.4, -0.2) is 41.5 Å². The molecule has 0 saturated heterocycles. The minimum atomic E-state index is -0.282. The molecule has 0 atom stereocenters. The maximum atomic E-state index is 13.0. The van der Waals surface area contributed by atoms with Crippen molar-refractivity contribution in [3.05, 3.63) is 40.7 Å². The van der Waals surface area contributed by atoms with Crippen LogP contribution in [0.4, 0.5) is 4.39 Å². The fourth-order valence-electron chi connectivity index (χ4n) is 2.50. The van der Waals surface area contributed by atoms with E-state index in [1.165, 1.54) is 23.5 Å². The summed E-state index contributed by atoms with van der Waals surface area (Å²) in [4.78, 5) is 19.7. The van der Waals surface area contributed by atoms with Gasteiger partial charge in [0.1, 0.15) is 15.7 Å². The Kier molecular flexibility index (Phi) is 6.45. The van der Waals surface area contributed by atoms with Gasteiger partial charge in [-0.2, -0.15) is 0 Å². The van der Waals surface area contributed by atoms with Crippen molar-refractivity contribution >= 4 is 17.2 Å². The summed E-state index contributed by atoms with van der Waals surface area (Å²) in [7, 11) is 0. The highest BCUT2D eigenvalue weighted by Gasteiger charge is 2.16. The molecule has 0 spiro atoms. The number of hydrogen-bond acceptors (Lipinski definition) is 4. The number of nitrogens with one attached hydrogen (secondary N) is 1. The van der Waals surface area contributed by atoms with Crippen LogP contribution in [0.25, 0.3) is 10.6 Å². The lowest BCUT2D eigenvalue weighted by molar-refractivity contribution is 0.0949. The number of nitrogens with zero attached hydrogens (tertiary/aromatic N) is 2. The predicted molar refractivity (Wildman–Crippen MR) is 97.0 cm³/mol. The zero-order valence-electron chi connectivity index (χ0n) is 14.6. The van der Waals surface area contributed by atoms with E-state index in [4.69, 9.17) is 0 Å². The Morgan fingerprint density at radius 3 is 2.58 bits per heavy atom. The number of halogens is 1. The molecule has 2 aromatic rings. The van der Waals surface area contributed by atoms with Gasteiger partial charge >= 0.3 is 0 Å². The van der Waals surface area contributed by atoms with Gasteiger partial charge < -0.3 is 5.32 Å². The van der Waals surface area contributed by atoms with Gasteiger partial charge in [-0.25, -0.2) is 9.37 Å². The van der Waals surface area contributed by atoms with Crippen molar-refractivity contribution in [2.45, 2.75) is 33.7 Å². The van der Waals surface area contributed by atoms with Crippen LogP contribution in [0, 0.1) is 12.7 Å². The largest absolute Gasteiger partial charge is 0.350 e. The summed E-state index contributed by atoms with van der Waals surface area (Å²) >= 11 is 1.34. The Balaban J connectivity index is 2.01. The van der Waals surface area contributed by atoms with Gasteiger partial charge in [0.05, 0.1) is 5.69 Å². The highest BCUT2D eigenvalue weighted by Crippen LogP contribution is 2.27. The summed E-state index contributed by atoms with van der Waals surface area (Å²) < 4.78 is 13.0. The van der Waals surface area contributed by atoms with Gasteiger partial charge in [0.2, 0.25) is 0 Å². The Hall–Kier alpha value is -1.79. The number of hydrogen-bond donors (Lipinski definition) is 1. The minimum absolute atomic E-state index is 0.0989. The molecule has 0 aliphatic heterocycles. The first-order valence-corrected chi connectivity index (χ1v) is 8.99. The van der Waals surface area contributed by atoms with Crippen molar-refractivity contribution in [1.29, 1.82) is 0 Å². The van der Waals surface area contributed by atoms with Gasteiger partial charge in [0.15, 0.2) is 0 Å². The first kappa shape index (κ1) is 18.5. The van der Waals surface area contributed by atoms with E-state index in [1.54, 1.807) is 12.1 Å². The average Bonchev–Trinajstić information content (AvgIpc) is 2.93. The van der Waals surface area contributed by atoms with Crippen LogP contribution in [0.2, 0.25) is 0 Å². The second-order valence-electron chi connectivity index (χ2n) is 5.92. The van der Waals surface area contributed by atoms with Crippen LogP contribution < -0.4 is 5.32 Å². The summed E-state index contributed by atoms with van der Waals surface area (Å²) in [6.07, 6.45) is 0. The molecule has 2 rings (SSSR count). The van der Waals surface area contributed by atoms with Crippen molar-refractivity contribution in [3.8, 4) is 10.6 Å². The number of likely N-dealkylation sites (N-methyl/N-ethyl adjacent to an activating group) is 1. The number of carbonyl (C=O) groups is 1. The summed E-state index contributed by atoms with van der Waals surface area (Å²) in [6.45, 7) is 10.6. The third-order valence-electron chi connectivity index (χ3n) is 3.92. The first-order valence-electron chi connectivity index (χ1n) is 8.18. The molecule has 0 saturated carbocycles. The van der Waals surface area contributed by atoms with Gasteiger partial charge in [-0.1, -0.05) is 6.92 Å². The molecule has 1 N–H and O–H groups in total. The van der Waals surface area contributed by atoms with Gasteiger partial charge in [-0.3, -0.25) is 9.69 Å². The van der Waals surface area contributed by atoms with Crippen LogP contribution in [-0.2, 0) is 0 Å². The summed E-state index contributed by atoms with van der Waals surface area (Å²) in [5.74, 6) is -0.381. The normalized spacial score (nSPS) is 11.3. The van der Waals surface area contributed by atoms with Crippen molar-refractivity contribution in [3.63, 3.8) is 0 Å². The van der Waals surface area contributed by atoms with E-state index in [2.05, 4.69) is 36.0 Å². The molecule has 4 nitrogen and oxygen atoms in total. The minimum Gasteiger partial charge on any atom is -0.350 e. The maximum absolute atomic E-state index is 13.0. The molecule has 24 heavy (non-hydrogen) atoms. The molecular weight excluding hydrogens is 325 g/mol. The van der Waals surface area contributed by atoms with Crippen LogP contribution in [0.3, 0.4) is 0 Å². The van der Waals surface area contributed by atoms with E-state index < -0.39 is 0 Å². The molecule has 6 heteroatoms. The number of amides is 1. The monoisotopic (exact) mass is 349 g/mol. The predicted octanol–water partition coefficient (Wildman–Crippen LogP) is 3.72. The van der Waals surface area contributed by atoms with E-state index in [1.807, 2.05) is 6.92 Å². The standard InChI is InChI=1S/C18H24FN3OS/c1-5-22(12(2)3)11-10-20-17(23)16-13(4)21-18(24-16)14-6-8-15(19)9-7-14/h6-9,12H,5,10-11H2,1-4H3,(H,20,23). The van der Waals surface area contributed by atoms with Crippen LogP contribution in [0.5, 0.6) is 0 Å². The molecule has 1 aromatic carbocycles. The second-order valence-corrected chi connectivity index (χ2v) is 6.92. The highest BCUT2D eigenvalue weighted by molar-refractivity contribution is 7.17. The molecular formula is C18H24FN3OS. The quantitative estimate of drug-likeness (QED) is 0.829. The lowest BCUT2D eigenvalue weighted by Crippen LogP contribution is -2.38. The van der Waals surface area contributed by atoms with Crippen molar-refractivity contribution in [1.82, 2.24) is 15.2 Å². The molecule has 0 bridgehead atoms. The molecule has 0 aliphatic carbocycles. The van der Waals surface area contributed by atoms with Crippen LogP contribution in [0.15, 0.2) is 24.3 Å². The highest BCUT2D eigenvalue weighted by atomic mass is 32.1. The van der Waals surface area contributed by atoms with Crippen LogP contribution in [0.1, 0.15) is 36.1 Å². The molecule has 0 aliphatic rings. The lowest BCUT2D eigenvalue weighted by atomic mass is 10.2. The van der Waals surface area contributed by atoms with E-state index in [0.29, 0.717) is 23.2 Å². The van der Waals surface area contributed by atoms with Gasteiger partial charge in [-0.15, -0.1) is 11.3 Å². The lowest BCUT2D eigenvalue weighted by Gasteiger charge is -2.24. The number of benzene rings is 1. The molecule has 0 fully saturated rings. The smallest absolute Gasteiger partial charge is 0.263 e. The number of aryl methyl sites for hydroxylation is 1. The Bertz CT molecular complexity index is 682. The summed E-state index contributed by atoms with van der Waals surface area (Å²) in [5, 5.41) is 3.69. The van der Waals surface area contributed by atoms with Gasteiger partial charge in [0, 0.05) is 24.7 Å². The zero-order valence-corrected chi connectivity index (χ0v) is 15.4. The molecule has 1 aromatic heterocycles. The number of aromatic nitrogens is 1. The third kappa shape index (κ3) is 4.61. The fourth-order valence-corrected chi connectivity index (χ4v) is 3.49. The topological polar surface area (TPSA) is 45.2 Å². The zero-order chi connectivity index (χ0) is 17.7. The molecule has 1 heterocycles. The van der Waals surface area contributed by atoms with E-state index >= 15 is 0 Å². The SMILES string of the molecule is CCN(CCNC(=O)c1sc(-c2ccc(F)cc2)nc1C)C(C)C.